The van der Waals surface area contributed by atoms with Gasteiger partial charge in [0.25, 0.3) is 0 Å². The molecule has 2 fully saturated rings. The highest BCUT2D eigenvalue weighted by molar-refractivity contribution is 5.81. The number of carbonyl (C=O) groups excluding carboxylic acids is 1. The summed E-state index contributed by atoms with van der Waals surface area (Å²) in [5, 5.41) is 0. The predicted molar refractivity (Wildman–Crippen MR) is 93.1 cm³/mol. The number of hydrogen-bond donors (Lipinski definition) is 0. The van der Waals surface area contributed by atoms with Crippen LogP contribution in [0.25, 0.3) is 0 Å². The molecule has 2 aliphatic rings. The molecule has 0 radical (unpaired) electrons. The number of benzene rings is 1. The maximum Gasteiger partial charge on any atom is 0.330 e. The predicted octanol–water partition coefficient (Wildman–Crippen LogP) is 5.53. The molecule has 0 atom stereocenters. The van der Waals surface area contributed by atoms with Crippen LogP contribution in [-0.2, 0) is 9.53 Å². The van der Waals surface area contributed by atoms with Crippen LogP contribution in [0.3, 0.4) is 0 Å². The first-order valence-corrected chi connectivity index (χ1v) is 9.35. The lowest BCUT2D eigenvalue weighted by atomic mass is 9.69. The first-order valence-electron chi connectivity index (χ1n) is 9.35. The zero-order chi connectivity index (χ0) is 17.8. The van der Waals surface area contributed by atoms with E-state index in [-0.39, 0.29) is 18.0 Å². The summed E-state index contributed by atoms with van der Waals surface area (Å²) in [6.45, 7) is 3.43. The van der Waals surface area contributed by atoms with Gasteiger partial charge in [0.15, 0.2) is 11.6 Å². The Bertz CT molecular complexity index is 612. The second-order valence-corrected chi connectivity index (χ2v) is 7.43. The maximum absolute atomic E-state index is 14.0. The quantitative estimate of drug-likeness (QED) is 0.528. The molecule has 0 amide bonds. The summed E-state index contributed by atoms with van der Waals surface area (Å²) in [5.41, 5.74) is 0.540. The molecule has 0 aliphatic heterocycles. The van der Waals surface area contributed by atoms with Crippen LogP contribution in [0.2, 0.25) is 0 Å². The van der Waals surface area contributed by atoms with E-state index >= 15 is 0 Å². The summed E-state index contributed by atoms with van der Waals surface area (Å²) in [6, 6.07) is 4.51. The Labute approximate surface area is 148 Å². The van der Waals surface area contributed by atoms with E-state index in [1.807, 2.05) is 0 Å². The van der Waals surface area contributed by atoms with E-state index in [1.165, 1.54) is 12.1 Å². The maximum atomic E-state index is 14.0. The number of ether oxygens (including phenoxy) is 1. The standard InChI is InChI=1S/C21H26F2O2/c1-2-20(24)25-17-12-10-15(11-13-17)14-6-8-16(9-7-14)18-4-3-5-19(22)21(18)23/h2-5,14-17H,1,6-13H2/t14-,15-,16-,17-. The third kappa shape index (κ3) is 4.28. The van der Waals surface area contributed by atoms with Gasteiger partial charge in [0, 0.05) is 6.08 Å². The number of carbonyl (C=O) groups is 1. The summed E-state index contributed by atoms with van der Waals surface area (Å²) in [6.07, 6.45) is 9.25. The normalized spacial score (nSPS) is 29.8. The number of halogens is 2. The molecule has 0 heterocycles. The molecule has 1 aromatic rings. The van der Waals surface area contributed by atoms with Gasteiger partial charge in [-0.25, -0.2) is 13.6 Å². The van der Waals surface area contributed by atoms with Gasteiger partial charge in [0.1, 0.15) is 6.10 Å². The number of esters is 1. The zero-order valence-electron chi connectivity index (χ0n) is 14.6. The summed E-state index contributed by atoms with van der Waals surface area (Å²) < 4.78 is 32.8. The zero-order valence-corrected chi connectivity index (χ0v) is 14.6. The van der Waals surface area contributed by atoms with Gasteiger partial charge < -0.3 is 4.74 Å². The topological polar surface area (TPSA) is 26.3 Å². The van der Waals surface area contributed by atoms with Crippen molar-refractivity contribution in [2.45, 2.75) is 63.4 Å². The lowest BCUT2D eigenvalue weighted by molar-refractivity contribution is -0.145. The van der Waals surface area contributed by atoms with Crippen LogP contribution in [0.4, 0.5) is 8.78 Å². The van der Waals surface area contributed by atoms with Crippen LogP contribution in [0.1, 0.15) is 62.8 Å². The molecule has 0 spiro atoms. The molecule has 4 heteroatoms. The molecule has 2 saturated carbocycles. The van der Waals surface area contributed by atoms with Crippen molar-refractivity contribution in [3.8, 4) is 0 Å². The van der Waals surface area contributed by atoms with Crippen molar-refractivity contribution in [1.29, 1.82) is 0 Å². The third-order valence-corrected chi connectivity index (χ3v) is 6.03. The Morgan fingerprint density at radius 2 is 1.60 bits per heavy atom. The van der Waals surface area contributed by atoms with Crippen molar-refractivity contribution in [1.82, 2.24) is 0 Å². The Kier molecular flexibility index (Phi) is 5.87. The fraction of sp³-hybridized carbons (Fsp3) is 0.571. The number of hydrogen-bond acceptors (Lipinski definition) is 2. The molecule has 0 bridgehead atoms. The van der Waals surface area contributed by atoms with Crippen molar-refractivity contribution in [2.24, 2.45) is 11.8 Å². The summed E-state index contributed by atoms with van der Waals surface area (Å²) >= 11 is 0. The Hall–Kier alpha value is -1.71. The van der Waals surface area contributed by atoms with Gasteiger partial charge in [-0.05, 0) is 80.8 Å². The SMILES string of the molecule is C=CC(=O)O[C@H]1CC[C@H]([C@H]2CC[C@H](c3cccc(F)c3F)CC2)CC1. The van der Waals surface area contributed by atoms with Crippen molar-refractivity contribution in [2.75, 3.05) is 0 Å². The summed E-state index contributed by atoms with van der Waals surface area (Å²) in [5.74, 6) is -0.290. The van der Waals surface area contributed by atoms with Gasteiger partial charge in [-0.15, -0.1) is 0 Å². The van der Waals surface area contributed by atoms with Crippen LogP contribution in [0.5, 0.6) is 0 Å². The summed E-state index contributed by atoms with van der Waals surface area (Å²) in [7, 11) is 0. The van der Waals surface area contributed by atoms with Gasteiger partial charge in [0.2, 0.25) is 0 Å². The minimum atomic E-state index is -0.744. The smallest absolute Gasteiger partial charge is 0.330 e. The molecule has 2 nitrogen and oxygen atoms in total. The molecule has 0 N–H and O–H groups in total. The van der Waals surface area contributed by atoms with Gasteiger partial charge in [-0.2, -0.15) is 0 Å². The molecule has 136 valence electrons. The molecule has 3 rings (SSSR count). The van der Waals surface area contributed by atoms with E-state index in [0.717, 1.165) is 51.4 Å². The van der Waals surface area contributed by atoms with Gasteiger partial charge in [-0.3, -0.25) is 0 Å². The number of rotatable bonds is 4. The van der Waals surface area contributed by atoms with E-state index in [9.17, 15) is 13.6 Å². The molecule has 0 aromatic heterocycles. The molecule has 0 unspecified atom stereocenters. The third-order valence-electron chi connectivity index (χ3n) is 6.03. The van der Waals surface area contributed by atoms with E-state index in [2.05, 4.69) is 6.58 Å². The van der Waals surface area contributed by atoms with Crippen LogP contribution < -0.4 is 0 Å². The van der Waals surface area contributed by atoms with Crippen molar-refractivity contribution in [3.05, 3.63) is 48.1 Å². The molecular formula is C21H26F2O2. The van der Waals surface area contributed by atoms with Gasteiger partial charge >= 0.3 is 5.97 Å². The van der Waals surface area contributed by atoms with E-state index in [1.54, 1.807) is 12.1 Å². The van der Waals surface area contributed by atoms with Crippen molar-refractivity contribution in [3.63, 3.8) is 0 Å². The average molecular weight is 348 g/mol. The Balaban J connectivity index is 1.49. The molecule has 1 aromatic carbocycles. The Morgan fingerprint density at radius 1 is 1.00 bits per heavy atom. The molecule has 25 heavy (non-hydrogen) atoms. The molecule has 2 aliphatic carbocycles. The van der Waals surface area contributed by atoms with Crippen LogP contribution in [0, 0.1) is 23.5 Å². The van der Waals surface area contributed by atoms with Crippen LogP contribution in [0.15, 0.2) is 30.9 Å². The highest BCUT2D eigenvalue weighted by Gasteiger charge is 2.32. The minimum absolute atomic E-state index is 0.0273. The highest BCUT2D eigenvalue weighted by Crippen LogP contribution is 2.43. The van der Waals surface area contributed by atoms with Gasteiger partial charge in [0.05, 0.1) is 0 Å². The van der Waals surface area contributed by atoms with Crippen LogP contribution in [-0.4, -0.2) is 12.1 Å². The Morgan fingerprint density at radius 3 is 2.20 bits per heavy atom. The second-order valence-electron chi connectivity index (χ2n) is 7.43. The first kappa shape index (κ1) is 18.1. The highest BCUT2D eigenvalue weighted by atomic mass is 19.2. The first-order chi connectivity index (χ1) is 12.1. The monoisotopic (exact) mass is 348 g/mol. The van der Waals surface area contributed by atoms with E-state index < -0.39 is 11.6 Å². The minimum Gasteiger partial charge on any atom is -0.459 e. The van der Waals surface area contributed by atoms with E-state index in [4.69, 9.17) is 4.74 Å². The fourth-order valence-corrected chi connectivity index (χ4v) is 4.63. The van der Waals surface area contributed by atoms with Crippen LogP contribution >= 0.6 is 0 Å². The molecule has 0 saturated heterocycles. The van der Waals surface area contributed by atoms with Crippen molar-refractivity contribution < 1.29 is 18.3 Å². The fourth-order valence-electron chi connectivity index (χ4n) is 4.63. The molecular weight excluding hydrogens is 322 g/mol. The average Bonchev–Trinajstić information content (AvgIpc) is 2.65. The lowest BCUT2D eigenvalue weighted by Crippen LogP contribution is -2.29. The summed E-state index contributed by atoms with van der Waals surface area (Å²) in [4.78, 5) is 11.3. The lowest BCUT2D eigenvalue weighted by Gasteiger charge is -2.37. The largest absolute Gasteiger partial charge is 0.459 e. The van der Waals surface area contributed by atoms with Crippen molar-refractivity contribution >= 4 is 5.97 Å². The van der Waals surface area contributed by atoms with E-state index in [0.29, 0.717) is 17.4 Å². The second kappa shape index (κ2) is 8.11. The van der Waals surface area contributed by atoms with Gasteiger partial charge in [-0.1, -0.05) is 18.7 Å².